The summed E-state index contributed by atoms with van der Waals surface area (Å²) < 4.78 is 0. The predicted octanol–water partition coefficient (Wildman–Crippen LogP) is 2.06. The first-order valence-electron chi connectivity index (χ1n) is 4.49. The summed E-state index contributed by atoms with van der Waals surface area (Å²) >= 11 is 0. The van der Waals surface area contributed by atoms with E-state index in [1.165, 1.54) is 0 Å². The highest BCUT2D eigenvalue weighted by Gasteiger charge is 2.11. The minimum atomic E-state index is 0.582. The Kier molecular flexibility index (Phi) is 2.45. The summed E-state index contributed by atoms with van der Waals surface area (Å²) in [7, 11) is 0. The number of allylic oxidation sites excluding steroid dienone is 3. The average molecular weight is 184 g/mol. The normalized spacial score (nSPS) is 15.1. The lowest BCUT2D eigenvalue weighted by Crippen LogP contribution is -2.24. The van der Waals surface area contributed by atoms with Crippen molar-refractivity contribution in [3.05, 3.63) is 54.3 Å². The van der Waals surface area contributed by atoms with Gasteiger partial charge in [-0.2, -0.15) is 0 Å². The van der Waals surface area contributed by atoms with Crippen molar-refractivity contribution < 1.29 is 4.79 Å². The Morgan fingerprint density at radius 3 is 2.71 bits per heavy atom. The molecule has 1 radical (unpaired) electrons. The van der Waals surface area contributed by atoms with Crippen LogP contribution in [0.2, 0.25) is 0 Å². The smallest absolute Gasteiger partial charge is 0.251 e. The van der Waals surface area contributed by atoms with Crippen LogP contribution >= 0.6 is 0 Å². The van der Waals surface area contributed by atoms with Crippen LogP contribution in [0.25, 0.3) is 0 Å². The summed E-state index contributed by atoms with van der Waals surface area (Å²) in [6, 6.07) is 9.82. The van der Waals surface area contributed by atoms with Gasteiger partial charge in [0.1, 0.15) is 0 Å². The molecule has 1 aliphatic heterocycles. The molecule has 1 aromatic carbocycles. The number of hydrogen-bond donors (Lipinski definition) is 0. The van der Waals surface area contributed by atoms with Gasteiger partial charge >= 0.3 is 0 Å². The average Bonchev–Trinajstić information content (AvgIpc) is 2.30. The standard InChI is InChI=1S/C12H10NO/c14-10-12-8-4-5-9-13(12)11-6-2-1-3-7-11/h1-8H,9H2. The molecule has 2 nitrogen and oxygen atoms in total. The Bertz CT molecular complexity index is 379. The van der Waals surface area contributed by atoms with Crippen LogP contribution in [0.1, 0.15) is 0 Å². The second-order valence-electron chi connectivity index (χ2n) is 3.03. The molecule has 0 saturated heterocycles. The first-order chi connectivity index (χ1) is 6.92. The van der Waals surface area contributed by atoms with Crippen molar-refractivity contribution in [3.63, 3.8) is 0 Å². The molecule has 0 spiro atoms. The summed E-state index contributed by atoms with van der Waals surface area (Å²) in [5, 5.41) is 0. The Morgan fingerprint density at radius 2 is 2.00 bits per heavy atom. The summed E-state index contributed by atoms with van der Waals surface area (Å²) in [6.07, 6.45) is 7.59. The molecule has 0 fully saturated rings. The molecule has 0 N–H and O–H groups in total. The van der Waals surface area contributed by atoms with Crippen LogP contribution in [0.5, 0.6) is 0 Å². The number of para-hydroxylation sites is 1. The van der Waals surface area contributed by atoms with Crippen molar-refractivity contribution in [3.8, 4) is 0 Å². The van der Waals surface area contributed by atoms with E-state index in [-0.39, 0.29) is 0 Å². The molecule has 1 aromatic rings. The van der Waals surface area contributed by atoms with Crippen LogP contribution in [0.4, 0.5) is 5.69 Å². The van der Waals surface area contributed by atoms with E-state index in [9.17, 15) is 4.79 Å². The summed E-state index contributed by atoms with van der Waals surface area (Å²) in [4.78, 5) is 12.6. The van der Waals surface area contributed by atoms with Crippen molar-refractivity contribution in [1.29, 1.82) is 0 Å². The van der Waals surface area contributed by atoms with Crippen molar-refractivity contribution in [2.75, 3.05) is 11.4 Å². The van der Waals surface area contributed by atoms with Gasteiger partial charge in [-0.3, -0.25) is 4.79 Å². The van der Waals surface area contributed by atoms with Crippen LogP contribution in [0.15, 0.2) is 54.3 Å². The fourth-order valence-corrected chi connectivity index (χ4v) is 1.46. The van der Waals surface area contributed by atoms with Gasteiger partial charge in [-0.1, -0.05) is 30.4 Å². The molecule has 0 saturated carbocycles. The van der Waals surface area contributed by atoms with E-state index in [1.807, 2.05) is 53.7 Å². The van der Waals surface area contributed by atoms with Crippen LogP contribution < -0.4 is 4.90 Å². The zero-order valence-electron chi connectivity index (χ0n) is 7.68. The topological polar surface area (TPSA) is 20.3 Å². The predicted molar refractivity (Wildman–Crippen MR) is 56.7 cm³/mol. The largest absolute Gasteiger partial charge is 0.334 e. The molecule has 0 amide bonds. The highest BCUT2D eigenvalue weighted by atomic mass is 16.1. The van der Waals surface area contributed by atoms with E-state index in [1.54, 1.807) is 6.08 Å². The lowest BCUT2D eigenvalue weighted by Gasteiger charge is -2.24. The van der Waals surface area contributed by atoms with Gasteiger partial charge in [0, 0.05) is 12.2 Å². The molecule has 1 heterocycles. The van der Waals surface area contributed by atoms with E-state index < -0.39 is 0 Å². The van der Waals surface area contributed by atoms with Crippen LogP contribution in [0.3, 0.4) is 0 Å². The van der Waals surface area contributed by atoms with Gasteiger partial charge in [0.05, 0.1) is 5.70 Å². The van der Waals surface area contributed by atoms with E-state index in [0.29, 0.717) is 5.70 Å². The van der Waals surface area contributed by atoms with Gasteiger partial charge < -0.3 is 4.90 Å². The summed E-state index contributed by atoms with van der Waals surface area (Å²) in [5.74, 6) is 0. The van der Waals surface area contributed by atoms with E-state index >= 15 is 0 Å². The van der Waals surface area contributed by atoms with E-state index in [0.717, 1.165) is 12.2 Å². The van der Waals surface area contributed by atoms with Gasteiger partial charge in [0.25, 0.3) is 6.29 Å². The van der Waals surface area contributed by atoms with Gasteiger partial charge in [0.15, 0.2) is 0 Å². The number of rotatable bonds is 2. The summed E-state index contributed by atoms with van der Waals surface area (Å²) in [6.45, 7) is 0.727. The quantitative estimate of drug-likeness (QED) is 0.701. The van der Waals surface area contributed by atoms with E-state index in [2.05, 4.69) is 0 Å². The highest BCUT2D eigenvalue weighted by molar-refractivity contribution is 5.82. The second kappa shape index (κ2) is 3.92. The Balaban J connectivity index is 2.32. The number of nitrogens with zero attached hydrogens (tertiary/aromatic N) is 1. The minimum Gasteiger partial charge on any atom is -0.334 e. The minimum absolute atomic E-state index is 0.582. The van der Waals surface area contributed by atoms with Crippen molar-refractivity contribution in [2.45, 2.75) is 0 Å². The molecule has 0 unspecified atom stereocenters. The molecular weight excluding hydrogens is 174 g/mol. The molecule has 2 heteroatoms. The third-order valence-electron chi connectivity index (χ3n) is 2.14. The number of carbonyl (C=O) groups excluding carboxylic acids is 1. The molecule has 14 heavy (non-hydrogen) atoms. The monoisotopic (exact) mass is 184 g/mol. The molecular formula is C12H10NO. The van der Waals surface area contributed by atoms with E-state index in [4.69, 9.17) is 0 Å². The van der Waals surface area contributed by atoms with Gasteiger partial charge in [-0.25, -0.2) is 0 Å². The van der Waals surface area contributed by atoms with Crippen LogP contribution in [-0.4, -0.2) is 12.8 Å². The number of hydrogen-bond acceptors (Lipinski definition) is 2. The Morgan fingerprint density at radius 1 is 1.21 bits per heavy atom. The third kappa shape index (κ3) is 1.59. The molecule has 69 valence electrons. The highest BCUT2D eigenvalue weighted by Crippen LogP contribution is 2.19. The van der Waals surface area contributed by atoms with Crippen molar-refractivity contribution in [1.82, 2.24) is 0 Å². The van der Waals surface area contributed by atoms with Gasteiger partial charge in [-0.15, -0.1) is 0 Å². The lowest BCUT2D eigenvalue weighted by atomic mass is 10.2. The maximum atomic E-state index is 10.7. The van der Waals surface area contributed by atoms with Crippen molar-refractivity contribution in [2.24, 2.45) is 0 Å². The van der Waals surface area contributed by atoms with Gasteiger partial charge in [-0.05, 0) is 18.2 Å². The zero-order valence-corrected chi connectivity index (χ0v) is 7.68. The first-order valence-corrected chi connectivity index (χ1v) is 4.49. The summed E-state index contributed by atoms with van der Waals surface area (Å²) in [5.41, 5.74) is 1.60. The molecule has 2 rings (SSSR count). The number of benzene rings is 1. The lowest BCUT2D eigenvalue weighted by molar-refractivity contribution is 0.560. The maximum Gasteiger partial charge on any atom is 0.251 e. The first kappa shape index (κ1) is 8.75. The third-order valence-corrected chi connectivity index (χ3v) is 2.14. The fourth-order valence-electron chi connectivity index (χ4n) is 1.46. The molecule has 0 aromatic heterocycles. The van der Waals surface area contributed by atoms with Gasteiger partial charge in [0.2, 0.25) is 0 Å². The van der Waals surface area contributed by atoms with Crippen LogP contribution in [0, 0.1) is 0 Å². The molecule has 0 atom stereocenters. The second-order valence-corrected chi connectivity index (χ2v) is 3.03. The maximum absolute atomic E-state index is 10.7. The Hall–Kier alpha value is -1.83. The molecule has 0 aliphatic carbocycles. The van der Waals surface area contributed by atoms with Crippen LogP contribution in [-0.2, 0) is 4.79 Å². The zero-order chi connectivity index (χ0) is 9.80. The Labute approximate surface area is 83.2 Å². The van der Waals surface area contributed by atoms with Crippen molar-refractivity contribution >= 4 is 12.0 Å². The molecule has 1 aliphatic rings. The SMILES string of the molecule is O=[C]C1=CC=CCN1c1ccccc1. The number of anilines is 1. The molecule has 0 bridgehead atoms. The fraction of sp³-hybridized carbons (Fsp3) is 0.0833.